The first kappa shape index (κ1) is 12.0. The Balaban J connectivity index is 1.56. The molecule has 3 fully saturated rings. The zero-order chi connectivity index (χ0) is 11.5. The molecule has 2 heterocycles. The van der Waals surface area contributed by atoms with Crippen LogP contribution in [-0.2, 0) is 4.74 Å². The fourth-order valence-electron chi connectivity index (χ4n) is 4.17. The van der Waals surface area contributed by atoms with Crippen LogP contribution in [0.25, 0.3) is 0 Å². The average Bonchev–Trinajstić information content (AvgIpc) is 2.40. The van der Waals surface area contributed by atoms with Crippen LogP contribution in [0.2, 0.25) is 0 Å². The lowest BCUT2D eigenvalue weighted by molar-refractivity contribution is -0.0343. The van der Waals surface area contributed by atoms with Crippen molar-refractivity contribution in [3.8, 4) is 0 Å². The van der Waals surface area contributed by atoms with Crippen LogP contribution in [0.1, 0.15) is 57.8 Å². The van der Waals surface area contributed by atoms with Crippen molar-refractivity contribution < 1.29 is 4.74 Å². The molecule has 2 aliphatic heterocycles. The van der Waals surface area contributed by atoms with Crippen LogP contribution in [0.5, 0.6) is 0 Å². The molecule has 3 rings (SSSR count). The van der Waals surface area contributed by atoms with Gasteiger partial charge in [0.05, 0.1) is 6.10 Å². The maximum atomic E-state index is 5.92. The van der Waals surface area contributed by atoms with Crippen molar-refractivity contribution >= 4 is 0 Å². The number of hydrogen-bond acceptors (Lipinski definition) is 2. The molecule has 0 aromatic carbocycles. The number of ether oxygens (including phenoxy) is 1. The van der Waals surface area contributed by atoms with E-state index in [0.717, 1.165) is 18.6 Å². The highest BCUT2D eigenvalue weighted by Crippen LogP contribution is 2.35. The Kier molecular flexibility index (Phi) is 4.02. The lowest BCUT2D eigenvalue weighted by Crippen LogP contribution is -2.50. The number of rotatable bonds is 2. The van der Waals surface area contributed by atoms with Crippen LogP contribution in [0.15, 0.2) is 0 Å². The fraction of sp³-hybridized carbons (Fsp3) is 1.00. The Morgan fingerprint density at radius 3 is 2.59 bits per heavy atom. The number of likely N-dealkylation sites (tertiary alicyclic amines) is 1. The number of piperidine rings is 1. The van der Waals surface area contributed by atoms with E-state index in [1.807, 2.05) is 0 Å². The minimum Gasteiger partial charge on any atom is -0.377 e. The van der Waals surface area contributed by atoms with Gasteiger partial charge >= 0.3 is 0 Å². The first-order chi connectivity index (χ1) is 8.43. The standard InChI is InChI=1S/C15H27NO/c1-2-9-15-13(6-1)7-5-10-16(15)12-14-8-3-4-11-17-14/h13-15H,1-12H2. The highest BCUT2D eigenvalue weighted by Gasteiger charge is 2.34. The van der Waals surface area contributed by atoms with Crippen LogP contribution in [-0.4, -0.2) is 36.7 Å². The molecule has 2 nitrogen and oxygen atoms in total. The van der Waals surface area contributed by atoms with Crippen molar-refractivity contribution in [3.63, 3.8) is 0 Å². The van der Waals surface area contributed by atoms with Gasteiger partial charge in [-0.05, 0) is 57.4 Å². The van der Waals surface area contributed by atoms with Crippen molar-refractivity contribution in [2.75, 3.05) is 19.7 Å². The molecule has 0 N–H and O–H groups in total. The Labute approximate surface area is 106 Å². The van der Waals surface area contributed by atoms with Gasteiger partial charge in [0.15, 0.2) is 0 Å². The SMILES string of the molecule is C1CCC(CN2CCCC3CCCCC32)OC1. The van der Waals surface area contributed by atoms with Crippen LogP contribution in [0.3, 0.4) is 0 Å². The molecule has 17 heavy (non-hydrogen) atoms. The summed E-state index contributed by atoms with van der Waals surface area (Å²) in [6.07, 6.45) is 13.3. The van der Waals surface area contributed by atoms with E-state index >= 15 is 0 Å². The molecule has 98 valence electrons. The second-order valence-corrected chi connectivity index (χ2v) is 6.24. The van der Waals surface area contributed by atoms with Gasteiger partial charge in [0.2, 0.25) is 0 Å². The largest absolute Gasteiger partial charge is 0.377 e. The molecule has 2 saturated heterocycles. The lowest BCUT2D eigenvalue weighted by atomic mass is 9.78. The van der Waals surface area contributed by atoms with Crippen molar-refractivity contribution in [3.05, 3.63) is 0 Å². The summed E-state index contributed by atoms with van der Waals surface area (Å²) in [4.78, 5) is 2.78. The summed E-state index contributed by atoms with van der Waals surface area (Å²) in [5, 5.41) is 0. The van der Waals surface area contributed by atoms with Crippen molar-refractivity contribution in [1.29, 1.82) is 0 Å². The van der Waals surface area contributed by atoms with Crippen LogP contribution in [0, 0.1) is 5.92 Å². The van der Waals surface area contributed by atoms with Gasteiger partial charge in [-0.3, -0.25) is 4.90 Å². The fourth-order valence-corrected chi connectivity index (χ4v) is 4.17. The van der Waals surface area contributed by atoms with E-state index in [-0.39, 0.29) is 0 Å². The molecule has 3 atom stereocenters. The Hall–Kier alpha value is -0.0800. The van der Waals surface area contributed by atoms with Gasteiger partial charge < -0.3 is 4.74 Å². The predicted molar refractivity (Wildman–Crippen MR) is 70.1 cm³/mol. The minimum atomic E-state index is 0.546. The maximum absolute atomic E-state index is 5.92. The van der Waals surface area contributed by atoms with Crippen LogP contribution in [0.4, 0.5) is 0 Å². The van der Waals surface area contributed by atoms with E-state index in [1.165, 1.54) is 70.9 Å². The van der Waals surface area contributed by atoms with Gasteiger partial charge in [-0.15, -0.1) is 0 Å². The normalized spacial score (nSPS) is 39.9. The van der Waals surface area contributed by atoms with Gasteiger partial charge in [-0.2, -0.15) is 0 Å². The molecule has 0 aromatic heterocycles. The second kappa shape index (κ2) is 5.71. The zero-order valence-electron chi connectivity index (χ0n) is 11.1. The predicted octanol–water partition coefficient (Wildman–Crippen LogP) is 3.21. The Morgan fingerprint density at radius 1 is 0.882 bits per heavy atom. The van der Waals surface area contributed by atoms with E-state index in [2.05, 4.69) is 4.90 Å². The van der Waals surface area contributed by atoms with E-state index in [0.29, 0.717) is 6.10 Å². The van der Waals surface area contributed by atoms with Crippen molar-refractivity contribution in [1.82, 2.24) is 4.90 Å². The van der Waals surface area contributed by atoms with Gasteiger partial charge in [0.1, 0.15) is 0 Å². The topological polar surface area (TPSA) is 12.5 Å². The molecule has 1 aliphatic carbocycles. The molecule has 0 radical (unpaired) electrons. The molecular weight excluding hydrogens is 210 g/mol. The number of hydrogen-bond donors (Lipinski definition) is 0. The van der Waals surface area contributed by atoms with E-state index < -0.39 is 0 Å². The molecule has 3 unspecified atom stereocenters. The third-order valence-corrected chi connectivity index (χ3v) is 5.07. The number of nitrogens with zero attached hydrogens (tertiary/aromatic N) is 1. The van der Waals surface area contributed by atoms with Gasteiger partial charge in [0.25, 0.3) is 0 Å². The molecule has 1 saturated carbocycles. The first-order valence-electron chi connectivity index (χ1n) is 7.79. The van der Waals surface area contributed by atoms with Gasteiger partial charge in [0, 0.05) is 19.2 Å². The number of fused-ring (bicyclic) bond motifs is 1. The van der Waals surface area contributed by atoms with Crippen molar-refractivity contribution in [2.45, 2.75) is 69.9 Å². The maximum Gasteiger partial charge on any atom is 0.0702 e. The monoisotopic (exact) mass is 237 g/mol. The van der Waals surface area contributed by atoms with Crippen LogP contribution >= 0.6 is 0 Å². The second-order valence-electron chi connectivity index (χ2n) is 6.24. The summed E-state index contributed by atoms with van der Waals surface area (Å²) >= 11 is 0. The average molecular weight is 237 g/mol. The summed E-state index contributed by atoms with van der Waals surface area (Å²) in [7, 11) is 0. The summed E-state index contributed by atoms with van der Waals surface area (Å²) < 4.78 is 5.92. The summed E-state index contributed by atoms with van der Waals surface area (Å²) in [6, 6.07) is 0.906. The molecule has 0 aromatic rings. The third kappa shape index (κ3) is 2.85. The Morgan fingerprint density at radius 2 is 1.71 bits per heavy atom. The molecule has 3 aliphatic rings. The highest BCUT2D eigenvalue weighted by atomic mass is 16.5. The minimum absolute atomic E-state index is 0.546. The first-order valence-corrected chi connectivity index (χ1v) is 7.79. The summed E-state index contributed by atoms with van der Waals surface area (Å²) in [6.45, 7) is 3.56. The zero-order valence-corrected chi connectivity index (χ0v) is 11.1. The lowest BCUT2D eigenvalue weighted by Gasteiger charge is -2.45. The van der Waals surface area contributed by atoms with Gasteiger partial charge in [-0.1, -0.05) is 12.8 Å². The molecule has 0 spiro atoms. The molecule has 0 bridgehead atoms. The molecule has 0 amide bonds. The molecular formula is C15H27NO. The molecule has 2 heteroatoms. The van der Waals surface area contributed by atoms with E-state index in [1.54, 1.807) is 0 Å². The Bertz CT molecular complexity index is 235. The smallest absolute Gasteiger partial charge is 0.0702 e. The van der Waals surface area contributed by atoms with Gasteiger partial charge in [-0.25, -0.2) is 0 Å². The van der Waals surface area contributed by atoms with E-state index in [9.17, 15) is 0 Å². The third-order valence-electron chi connectivity index (χ3n) is 5.07. The van der Waals surface area contributed by atoms with E-state index in [4.69, 9.17) is 4.74 Å². The summed E-state index contributed by atoms with van der Waals surface area (Å²) in [5.41, 5.74) is 0. The highest BCUT2D eigenvalue weighted by molar-refractivity contribution is 4.88. The quantitative estimate of drug-likeness (QED) is 0.731. The van der Waals surface area contributed by atoms with Crippen molar-refractivity contribution in [2.24, 2.45) is 5.92 Å². The summed E-state index contributed by atoms with van der Waals surface area (Å²) in [5.74, 6) is 1.01. The van der Waals surface area contributed by atoms with Crippen LogP contribution < -0.4 is 0 Å².